The first-order valence-corrected chi connectivity index (χ1v) is 3.52. The number of hydrogen-bond donors (Lipinski definition) is 1. The lowest BCUT2D eigenvalue weighted by Gasteiger charge is -1.92. The zero-order chi connectivity index (χ0) is 10.3. The first-order chi connectivity index (χ1) is 6.24. The number of carboxylic acid groups (broad SMARTS) is 1. The molecule has 0 spiro atoms. The van der Waals surface area contributed by atoms with E-state index in [1.54, 1.807) is 0 Å². The van der Waals surface area contributed by atoms with E-state index in [4.69, 9.17) is 5.11 Å². The van der Waals surface area contributed by atoms with Crippen LogP contribution in [-0.2, 0) is 0 Å². The molecule has 1 aromatic carbocycles. The molecule has 0 saturated carbocycles. The lowest BCUT2D eigenvalue weighted by atomic mass is 10.1. The molecule has 1 aromatic rings. The Labute approximate surface area is 76.3 Å². The molecule has 0 unspecified atom stereocenters. The van der Waals surface area contributed by atoms with E-state index in [0.29, 0.717) is 11.8 Å². The fraction of sp³-hybridized carbons (Fsp3) is 0. The van der Waals surface area contributed by atoms with Crippen LogP contribution >= 0.6 is 0 Å². The van der Waals surface area contributed by atoms with E-state index in [0.717, 1.165) is 0 Å². The van der Waals surface area contributed by atoms with Gasteiger partial charge in [0.1, 0.15) is 6.29 Å². The molecule has 1 N–H and O–H groups in total. The molecule has 0 saturated heterocycles. The maximum atomic E-state index is 10.3. The molecular weight excluding hydrogens is 168 g/mol. The van der Waals surface area contributed by atoms with Crippen molar-refractivity contribution in [2.24, 2.45) is 0 Å². The molecule has 0 aliphatic carbocycles. The molecule has 0 heterocycles. The summed E-state index contributed by atoms with van der Waals surface area (Å²) < 4.78 is 0. The highest BCUT2D eigenvalue weighted by Crippen LogP contribution is 2.01. The van der Waals surface area contributed by atoms with E-state index in [1.807, 2.05) is 0 Å². The van der Waals surface area contributed by atoms with E-state index < -0.39 is 5.97 Å². The fourth-order valence-electron chi connectivity index (χ4n) is 0.704. The lowest BCUT2D eigenvalue weighted by molar-refractivity contribution is 0.0696. The predicted octanol–water partition coefficient (Wildman–Crippen LogP) is 2.00. The number of aldehydes is 1. The summed E-state index contributed by atoms with van der Waals surface area (Å²) in [6.07, 6.45) is 0.672. The van der Waals surface area contributed by atoms with Crippen molar-refractivity contribution in [3.63, 3.8) is 0 Å². The summed E-state index contributed by atoms with van der Waals surface area (Å²) in [5.41, 5.74) is 0.672. The van der Waals surface area contributed by atoms with Gasteiger partial charge in [0.25, 0.3) is 0 Å². The number of carbonyl (C=O) groups is 2. The van der Waals surface area contributed by atoms with Crippen LogP contribution < -0.4 is 0 Å². The van der Waals surface area contributed by atoms with Crippen molar-refractivity contribution < 1.29 is 14.7 Å². The summed E-state index contributed by atoms with van der Waals surface area (Å²) in [6.45, 7) is 6.00. The second kappa shape index (κ2) is 5.71. The zero-order valence-electron chi connectivity index (χ0n) is 7.06. The van der Waals surface area contributed by atoms with Crippen LogP contribution in [0.15, 0.2) is 37.4 Å². The number of carbonyl (C=O) groups excluding carboxylic acids is 1. The topological polar surface area (TPSA) is 54.4 Å². The van der Waals surface area contributed by atoms with Crippen molar-refractivity contribution in [2.45, 2.75) is 0 Å². The van der Waals surface area contributed by atoms with Gasteiger partial charge in [-0.15, -0.1) is 13.2 Å². The van der Waals surface area contributed by atoms with Crippen LogP contribution in [0.3, 0.4) is 0 Å². The molecule has 0 aromatic heterocycles. The Morgan fingerprint density at radius 3 is 2.00 bits per heavy atom. The van der Waals surface area contributed by atoms with Crippen molar-refractivity contribution in [1.29, 1.82) is 0 Å². The minimum atomic E-state index is -0.984. The first kappa shape index (κ1) is 11.1. The highest BCUT2D eigenvalue weighted by atomic mass is 16.4. The van der Waals surface area contributed by atoms with Crippen molar-refractivity contribution in [1.82, 2.24) is 0 Å². The van der Waals surface area contributed by atoms with Crippen molar-refractivity contribution >= 4 is 12.3 Å². The quantitative estimate of drug-likeness (QED) is 0.556. The maximum Gasteiger partial charge on any atom is 0.335 e. The summed E-state index contributed by atoms with van der Waals surface area (Å²) in [5.74, 6) is -0.984. The summed E-state index contributed by atoms with van der Waals surface area (Å²) in [5, 5.41) is 8.46. The predicted molar refractivity (Wildman–Crippen MR) is 50.0 cm³/mol. The van der Waals surface area contributed by atoms with Crippen molar-refractivity contribution in [2.75, 3.05) is 0 Å². The molecule has 0 aliphatic rings. The Morgan fingerprint density at radius 2 is 1.69 bits per heavy atom. The molecule has 0 bridgehead atoms. The molecule has 0 atom stereocenters. The van der Waals surface area contributed by atoms with E-state index in [9.17, 15) is 9.59 Å². The summed E-state index contributed by atoms with van der Waals surface area (Å²) in [7, 11) is 0. The van der Waals surface area contributed by atoms with Crippen LogP contribution in [0.4, 0.5) is 0 Å². The van der Waals surface area contributed by atoms with Crippen molar-refractivity contribution in [3.8, 4) is 0 Å². The van der Waals surface area contributed by atoms with E-state index in [-0.39, 0.29) is 5.56 Å². The number of aromatic carboxylic acids is 1. The van der Waals surface area contributed by atoms with Gasteiger partial charge in [0.2, 0.25) is 0 Å². The van der Waals surface area contributed by atoms with Gasteiger partial charge in [0.15, 0.2) is 0 Å². The van der Waals surface area contributed by atoms with Crippen LogP contribution in [0.5, 0.6) is 0 Å². The van der Waals surface area contributed by atoms with Gasteiger partial charge in [0.05, 0.1) is 5.56 Å². The molecule has 0 amide bonds. The maximum absolute atomic E-state index is 10.3. The Bertz CT molecular complexity index is 288. The Kier molecular flexibility index (Phi) is 4.88. The molecule has 13 heavy (non-hydrogen) atoms. The van der Waals surface area contributed by atoms with Gasteiger partial charge in [-0.05, 0) is 12.1 Å². The number of rotatable bonds is 2. The van der Waals surface area contributed by atoms with E-state index in [2.05, 4.69) is 13.2 Å². The zero-order valence-corrected chi connectivity index (χ0v) is 7.06. The molecule has 68 valence electrons. The Balaban J connectivity index is 0.000000671. The SMILES string of the molecule is C=C.O=Cc1ccc(C(=O)O)cc1. The monoisotopic (exact) mass is 178 g/mol. The average Bonchev–Trinajstić information content (AvgIpc) is 2.21. The van der Waals surface area contributed by atoms with Crippen LogP contribution in [0.2, 0.25) is 0 Å². The van der Waals surface area contributed by atoms with Gasteiger partial charge < -0.3 is 5.11 Å². The Hall–Kier alpha value is -1.90. The van der Waals surface area contributed by atoms with Gasteiger partial charge in [-0.1, -0.05) is 12.1 Å². The summed E-state index contributed by atoms with van der Waals surface area (Å²) in [4.78, 5) is 20.5. The molecular formula is C10H10O3. The molecule has 0 aliphatic heterocycles. The third-order valence-corrected chi connectivity index (χ3v) is 1.29. The second-order valence-electron chi connectivity index (χ2n) is 2.05. The smallest absolute Gasteiger partial charge is 0.335 e. The van der Waals surface area contributed by atoms with Gasteiger partial charge in [-0.2, -0.15) is 0 Å². The molecule has 0 fully saturated rings. The third-order valence-electron chi connectivity index (χ3n) is 1.29. The van der Waals surface area contributed by atoms with Gasteiger partial charge in [0, 0.05) is 5.56 Å². The summed E-state index contributed by atoms with van der Waals surface area (Å²) in [6, 6.07) is 5.73. The highest BCUT2D eigenvalue weighted by Gasteiger charge is 1.99. The first-order valence-electron chi connectivity index (χ1n) is 3.52. The number of hydrogen-bond acceptors (Lipinski definition) is 2. The Morgan fingerprint density at radius 1 is 1.23 bits per heavy atom. The largest absolute Gasteiger partial charge is 0.478 e. The second-order valence-corrected chi connectivity index (χ2v) is 2.05. The van der Waals surface area contributed by atoms with Crippen LogP contribution in [0.1, 0.15) is 20.7 Å². The molecule has 3 nitrogen and oxygen atoms in total. The van der Waals surface area contributed by atoms with E-state index >= 15 is 0 Å². The fourth-order valence-corrected chi connectivity index (χ4v) is 0.704. The molecule has 3 heteroatoms. The van der Waals surface area contributed by atoms with Crippen molar-refractivity contribution in [3.05, 3.63) is 48.6 Å². The van der Waals surface area contributed by atoms with Gasteiger partial charge >= 0.3 is 5.97 Å². The summed E-state index contributed by atoms with van der Waals surface area (Å²) >= 11 is 0. The van der Waals surface area contributed by atoms with Crippen LogP contribution in [0, 0.1) is 0 Å². The van der Waals surface area contributed by atoms with Crippen LogP contribution in [0.25, 0.3) is 0 Å². The van der Waals surface area contributed by atoms with Gasteiger partial charge in [-0.3, -0.25) is 4.79 Å². The van der Waals surface area contributed by atoms with Gasteiger partial charge in [-0.25, -0.2) is 4.79 Å². The van der Waals surface area contributed by atoms with Crippen LogP contribution in [-0.4, -0.2) is 17.4 Å². The lowest BCUT2D eigenvalue weighted by Crippen LogP contribution is -1.95. The number of benzene rings is 1. The number of carboxylic acids is 1. The minimum absolute atomic E-state index is 0.190. The van der Waals surface area contributed by atoms with E-state index in [1.165, 1.54) is 24.3 Å². The highest BCUT2D eigenvalue weighted by molar-refractivity contribution is 5.88. The minimum Gasteiger partial charge on any atom is -0.478 e. The average molecular weight is 178 g/mol. The molecule has 0 radical (unpaired) electrons. The standard InChI is InChI=1S/C8H6O3.C2H4/c9-5-6-1-3-7(4-2-6)8(10)11;1-2/h1-5H,(H,10,11);1-2H2. The normalized spacial score (nSPS) is 8.00. The molecule has 1 rings (SSSR count). The third kappa shape index (κ3) is 3.33.